The fraction of sp³-hybridized carbons (Fsp3) is 0.286. The van der Waals surface area contributed by atoms with Crippen LogP contribution in [0.15, 0.2) is 39.0 Å². The van der Waals surface area contributed by atoms with Gasteiger partial charge in [-0.3, -0.25) is 4.31 Å². The summed E-state index contributed by atoms with van der Waals surface area (Å²) in [5.74, 6) is 0. The summed E-state index contributed by atoms with van der Waals surface area (Å²) in [6, 6.07) is 8.76. The number of aliphatic hydroxyl groups excluding tert-OH is 1. The summed E-state index contributed by atoms with van der Waals surface area (Å²) in [5.41, 5.74) is 1.23. The SMILES string of the molecule is Cc1sc(Br)cc1S(=O)(=O)N1CCC(O)c2ccccc21. The number of anilines is 1. The summed E-state index contributed by atoms with van der Waals surface area (Å²) in [6.45, 7) is 2.08. The fourth-order valence-corrected chi connectivity index (χ4v) is 6.46. The third-order valence-corrected chi connectivity index (χ3v) is 7.20. The molecule has 0 amide bonds. The molecule has 3 rings (SSSR count). The first kappa shape index (κ1) is 15.0. The molecule has 7 heteroatoms. The Balaban J connectivity index is 2.13. The van der Waals surface area contributed by atoms with E-state index in [1.54, 1.807) is 31.2 Å². The van der Waals surface area contributed by atoms with Crippen molar-refractivity contribution in [3.05, 3.63) is 44.6 Å². The van der Waals surface area contributed by atoms with Gasteiger partial charge in [-0.1, -0.05) is 18.2 Å². The Labute approximate surface area is 136 Å². The second-order valence-electron chi connectivity index (χ2n) is 4.91. The number of aryl methyl sites for hydroxylation is 1. The van der Waals surface area contributed by atoms with Gasteiger partial charge in [0.2, 0.25) is 0 Å². The summed E-state index contributed by atoms with van der Waals surface area (Å²) >= 11 is 4.74. The Bertz CT molecular complexity index is 785. The van der Waals surface area contributed by atoms with Gasteiger partial charge in [0, 0.05) is 17.0 Å². The van der Waals surface area contributed by atoms with Crippen molar-refractivity contribution in [1.82, 2.24) is 0 Å². The van der Waals surface area contributed by atoms with Crippen LogP contribution in [0.4, 0.5) is 5.69 Å². The average molecular weight is 388 g/mol. The maximum Gasteiger partial charge on any atom is 0.265 e. The number of para-hydroxylation sites is 1. The molecule has 2 aromatic rings. The van der Waals surface area contributed by atoms with Crippen LogP contribution in [-0.2, 0) is 10.0 Å². The second-order valence-corrected chi connectivity index (χ2v) is 9.38. The van der Waals surface area contributed by atoms with Gasteiger partial charge in [0.05, 0.1) is 15.6 Å². The van der Waals surface area contributed by atoms with Gasteiger partial charge in [0.15, 0.2) is 0 Å². The number of thiophene rings is 1. The molecule has 21 heavy (non-hydrogen) atoms. The topological polar surface area (TPSA) is 57.6 Å². The lowest BCUT2D eigenvalue weighted by molar-refractivity contribution is 0.166. The van der Waals surface area contributed by atoms with E-state index in [2.05, 4.69) is 15.9 Å². The highest BCUT2D eigenvalue weighted by atomic mass is 79.9. The van der Waals surface area contributed by atoms with Crippen LogP contribution in [0.5, 0.6) is 0 Å². The van der Waals surface area contributed by atoms with Crippen LogP contribution in [0.2, 0.25) is 0 Å². The van der Waals surface area contributed by atoms with Crippen LogP contribution in [0.25, 0.3) is 0 Å². The minimum atomic E-state index is -3.61. The van der Waals surface area contributed by atoms with Gasteiger partial charge in [-0.2, -0.15) is 0 Å². The third kappa shape index (κ3) is 2.52. The highest BCUT2D eigenvalue weighted by molar-refractivity contribution is 9.11. The number of sulfonamides is 1. The largest absolute Gasteiger partial charge is 0.388 e. The molecule has 0 saturated carbocycles. The Hall–Kier alpha value is -0.890. The number of rotatable bonds is 2. The zero-order valence-corrected chi connectivity index (χ0v) is 14.5. The standard InChI is InChI=1S/C14H14BrNO3S2/c1-9-13(8-14(15)20-9)21(18,19)16-7-6-12(17)10-4-2-3-5-11(10)16/h2-5,8,12,17H,6-7H2,1H3. The highest BCUT2D eigenvalue weighted by Crippen LogP contribution is 2.39. The van der Waals surface area contributed by atoms with Gasteiger partial charge < -0.3 is 5.11 Å². The summed E-state index contributed by atoms with van der Waals surface area (Å²) in [4.78, 5) is 1.08. The van der Waals surface area contributed by atoms with Gasteiger partial charge in [0.25, 0.3) is 10.0 Å². The predicted molar refractivity (Wildman–Crippen MR) is 87.3 cm³/mol. The van der Waals surface area contributed by atoms with Crippen LogP contribution in [-0.4, -0.2) is 20.1 Å². The molecule has 1 aliphatic rings. The first-order chi connectivity index (χ1) is 9.91. The molecule has 1 aromatic heterocycles. The number of hydrogen-bond donors (Lipinski definition) is 1. The van der Waals surface area contributed by atoms with Crippen LogP contribution < -0.4 is 4.31 Å². The summed E-state index contributed by atoms with van der Waals surface area (Å²) in [7, 11) is -3.61. The van der Waals surface area contributed by atoms with E-state index in [0.29, 0.717) is 22.6 Å². The molecule has 0 spiro atoms. The molecule has 0 fully saturated rings. The van der Waals surface area contributed by atoms with Gasteiger partial charge in [0.1, 0.15) is 4.90 Å². The van der Waals surface area contributed by atoms with Crippen LogP contribution in [0, 0.1) is 6.92 Å². The lowest BCUT2D eigenvalue weighted by Crippen LogP contribution is -2.36. The highest BCUT2D eigenvalue weighted by Gasteiger charge is 2.33. The third-order valence-electron chi connectivity index (χ3n) is 3.58. The number of halogens is 1. The first-order valence-corrected chi connectivity index (χ1v) is 9.52. The Morgan fingerprint density at radius 1 is 1.38 bits per heavy atom. The molecule has 4 nitrogen and oxygen atoms in total. The molecule has 0 aliphatic carbocycles. The monoisotopic (exact) mass is 387 g/mol. The molecule has 2 heterocycles. The van der Waals surface area contributed by atoms with Crippen molar-refractivity contribution in [2.45, 2.75) is 24.3 Å². The summed E-state index contributed by atoms with van der Waals surface area (Å²) in [5, 5.41) is 10.0. The Morgan fingerprint density at radius 3 is 2.76 bits per heavy atom. The Kier molecular flexibility index (Phi) is 3.85. The lowest BCUT2D eigenvalue weighted by atomic mass is 10.0. The van der Waals surface area contributed by atoms with Crippen molar-refractivity contribution in [1.29, 1.82) is 0 Å². The zero-order valence-electron chi connectivity index (χ0n) is 11.3. The molecule has 1 N–H and O–H groups in total. The number of aliphatic hydroxyl groups is 1. The van der Waals surface area contributed by atoms with E-state index >= 15 is 0 Å². The summed E-state index contributed by atoms with van der Waals surface area (Å²) in [6.07, 6.45) is -0.205. The van der Waals surface area contributed by atoms with E-state index in [4.69, 9.17) is 0 Å². The number of benzene rings is 1. The van der Waals surface area contributed by atoms with E-state index in [-0.39, 0.29) is 6.54 Å². The average Bonchev–Trinajstić information content (AvgIpc) is 2.79. The molecule has 0 saturated heterocycles. The van der Waals surface area contributed by atoms with E-state index in [1.807, 2.05) is 6.07 Å². The minimum Gasteiger partial charge on any atom is -0.388 e. The molecule has 112 valence electrons. The van der Waals surface area contributed by atoms with Gasteiger partial charge >= 0.3 is 0 Å². The minimum absolute atomic E-state index is 0.285. The van der Waals surface area contributed by atoms with E-state index in [1.165, 1.54) is 15.6 Å². The fourth-order valence-electron chi connectivity index (χ4n) is 2.57. The van der Waals surface area contributed by atoms with Crippen molar-refractivity contribution in [3.63, 3.8) is 0 Å². The van der Waals surface area contributed by atoms with E-state index in [0.717, 1.165) is 8.66 Å². The quantitative estimate of drug-likeness (QED) is 0.858. The number of nitrogens with zero attached hydrogens (tertiary/aromatic N) is 1. The van der Waals surface area contributed by atoms with E-state index in [9.17, 15) is 13.5 Å². The van der Waals surface area contributed by atoms with Crippen molar-refractivity contribution in [2.75, 3.05) is 10.8 Å². The summed E-state index contributed by atoms with van der Waals surface area (Å²) < 4.78 is 28.0. The Morgan fingerprint density at radius 2 is 2.10 bits per heavy atom. The van der Waals surface area contributed by atoms with Crippen molar-refractivity contribution < 1.29 is 13.5 Å². The molecular weight excluding hydrogens is 374 g/mol. The normalized spacial score (nSPS) is 18.6. The van der Waals surface area contributed by atoms with Gasteiger partial charge in [-0.15, -0.1) is 11.3 Å². The maximum atomic E-state index is 12.9. The smallest absolute Gasteiger partial charge is 0.265 e. The van der Waals surface area contributed by atoms with E-state index < -0.39 is 16.1 Å². The molecule has 1 aromatic carbocycles. The van der Waals surface area contributed by atoms with Crippen LogP contribution in [0.3, 0.4) is 0 Å². The first-order valence-electron chi connectivity index (χ1n) is 6.47. The maximum absolute atomic E-state index is 12.9. The van der Waals surface area contributed by atoms with Crippen LogP contribution >= 0.6 is 27.3 Å². The lowest BCUT2D eigenvalue weighted by Gasteiger charge is -2.32. The molecular formula is C14H14BrNO3S2. The molecule has 0 bridgehead atoms. The molecule has 1 unspecified atom stereocenters. The number of hydrogen-bond acceptors (Lipinski definition) is 4. The molecule has 1 aliphatic heterocycles. The predicted octanol–water partition coefficient (Wildman–Crippen LogP) is 3.45. The number of fused-ring (bicyclic) bond motifs is 1. The van der Waals surface area contributed by atoms with Gasteiger partial charge in [-0.05, 0) is 41.4 Å². The second kappa shape index (κ2) is 5.39. The van der Waals surface area contributed by atoms with Crippen molar-refractivity contribution >= 4 is 43.0 Å². The van der Waals surface area contributed by atoms with Gasteiger partial charge in [-0.25, -0.2) is 8.42 Å². The molecule has 0 radical (unpaired) electrons. The molecule has 1 atom stereocenters. The van der Waals surface area contributed by atoms with Crippen LogP contribution in [0.1, 0.15) is 23.0 Å². The zero-order chi connectivity index (χ0) is 15.2. The van der Waals surface area contributed by atoms with Crippen molar-refractivity contribution in [2.24, 2.45) is 0 Å². The van der Waals surface area contributed by atoms with Crippen molar-refractivity contribution in [3.8, 4) is 0 Å².